The van der Waals surface area contributed by atoms with Crippen molar-refractivity contribution in [2.24, 2.45) is 0 Å². The molecule has 6 heavy (non-hydrogen) atoms. The van der Waals surface area contributed by atoms with E-state index in [0.29, 0.717) is 0 Å². The summed E-state index contributed by atoms with van der Waals surface area (Å²) in [7, 11) is 0.889. The molecule has 0 aliphatic rings. The summed E-state index contributed by atoms with van der Waals surface area (Å²) in [6.45, 7) is 0. The first-order valence-electron chi connectivity index (χ1n) is 0.812. The van der Waals surface area contributed by atoms with Gasteiger partial charge in [0.05, 0.1) is 0 Å². The van der Waals surface area contributed by atoms with Crippen molar-refractivity contribution in [2.45, 2.75) is 0 Å². The molecule has 2 N–H and O–H groups in total. The Hall–Kier alpha value is 0.243. The van der Waals surface area contributed by atoms with Crippen LogP contribution >= 0.6 is 0 Å². The normalized spacial score (nSPS) is 4.17. The van der Waals surface area contributed by atoms with Crippen LogP contribution in [0.1, 0.15) is 0 Å². The molecule has 0 radical (unpaired) electrons. The van der Waals surface area contributed by atoms with Crippen LogP contribution in [0.4, 0.5) is 0 Å². The Bertz CT molecular complexity index is 33.8. The predicted octanol–water partition coefficient (Wildman–Crippen LogP) is -1.20. The van der Waals surface area contributed by atoms with Gasteiger partial charge >= 0.3 is 26.2 Å². The molecule has 0 saturated heterocycles. The summed E-state index contributed by atoms with van der Waals surface area (Å²) < 4.78 is 0. The summed E-state index contributed by atoms with van der Waals surface area (Å²) in [4.78, 5) is 8.31. The SMILES string of the molecule is C[N+](=O)[O-].O.[AtH]. The van der Waals surface area contributed by atoms with E-state index in [1.807, 2.05) is 0 Å². The van der Waals surface area contributed by atoms with Crippen molar-refractivity contribution in [3.63, 3.8) is 0 Å². The molecule has 40 valence electrons. The summed E-state index contributed by atoms with van der Waals surface area (Å²) in [5.41, 5.74) is 0. The first kappa shape index (κ1) is 16.3. The van der Waals surface area contributed by atoms with Gasteiger partial charge in [0, 0.05) is 4.92 Å². The average molecular weight is 290 g/mol. The van der Waals surface area contributed by atoms with Crippen LogP contribution in [0.2, 0.25) is 0 Å². The van der Waals surface area contributed by atoms with Crippen molar-refractivity contribution in [3.8, 4) is 0 Å². The Morgan fingerprint density at radius 3 is 1.67 bits per heavy atom. The zero-order valence-electron chi connectivity index (χ0n) is 3.17. The van der Waals surface area contributed by atoms with E-state index in [9.17, 15) is 0 Å². The quantitative estimate of drug-likeness (QED) is 0.415. The van der Waals surface area contributed by atoms with Crippen molar-refractivity contribution in [2.75, 3.05) is 7.05 Å². The Morgan fingerprint density at radius 2 is 1.67 bits per heavy atom. The van der Waals surface area contributed by atoms with Crippen LogP contribution in [0.3, 0.4) is 0 Å². The van der Waals surface area contributed by atoms with Crippen LogP contribution in [0.25, 0.3) is 0 Å². The third-order valence-electron chi connectivity index (χ3n) is 0. The first-order chi connectivity index (χ1) is 1.73. The van der Waals surface area contributed by atoms with Crippen molar-refractivity contribution >= 4 is 0 Å². The number of hydrogen-bond acceptors (Lipinski definition) is 2. The Morgan fingerprint density at radius 1 is 1.67 bits per heavy atom. The van der Waals surface area contributed by atoms with Crippen LogP contribution < -0.4 is 0 Å². The van der Waals surface area contributed by atoms with Crippen molar-refractivity contribution < 1.29 is 36.6 Å². The Balaban J connectivity index is -0.0000000450. The standard InChI is InChI=1S/CH3NO2.AtH.H2O/c1-2(3)4;;/h1H3;1H;1H2. The fourth-order valence-corrected chi connectivity index (χ4v) is 0. The van der Waals surface area contributed by atoms with E-state index in [2.05, 4.69) is 0 Å². The molecule has 0 aromatic carbocycles. The number of hydrogen-bond donors (Lipinski definition) is 0. The molecule has 0 fully saturated rings. The monoisotopic (exact) mass is 290 g/mol. The van der Waals surface area contributed by atoms with Gasteiger partial charge in [0.2, 0.25) is 0 Å². The molecule has 0 amide bonds. The van der Waals surface area contributed by atoms with Crippen molar-refractivity contribution in [1.82, 2.24) is 0 Å². The minimum absolute atomic E-state index is 0. The summed E-state index contributed by atoms with van der Waals surface area (Å²) in [6, 6.07) is 0. The van der Waals surface area contributed by atoms with Gasteiger partial charge in [-0.3, -0.25) is 10.1 Å². The molecule has 0 heterocycles. The maximum atomic E-state index is 8.81. The van der Waals surface area contributed by atoms with Gasteiger partial charge in [0.15, 0.2) is 7.05 Å². The molecule has 0 spiro atoms. The molecule has 0 aliphatic heterocycles. The summed E-state index contributed by atoms with van der Waals surface area (Å²) in [5.74, 6) is 0. The summed E-state index contributed by atoms with van der Waals surface area (Å²) >= 11 is 0. The summed E-state index contributed by atoms with van der Waals surface area (Å²) in [6.07, 6.45) is 0. The van der Waals surface area contributed by atoms with Gasteiger partial charge in [0.1, 0.15) is 0 Å². The molecule has 0 unspecified atom stereocenters. The number of nitro groups is 1. The predicted molar refractivity (Wildman–Crippen MR) is 17.9 cm³/mol. The van der Waals surface area contributed by atoms with Crippen molar-refractivity contribution in [3.05, 3.63) is 10.1 Å². The minimum atomic E-state index is -0.500. The van der Waals surface area contributed by atoms with Crippen LogP contribution in [0.5, 0.6) is 0 Å². The van der Waals surface area contributed by atoms with Crippen LogP contribution in [0, 0.1) is 36.3 Å². The molecule has 0 bridgehead atoms. The van der Waals surface area contributed by atoms with Crippen molar-refractivity contribution in [1.29, 1.82) is 0 Å². The topological polar surface area (TPSA) is 74.6 Å². The van der Waals surface area contributed by atoms with E-state index in [1.165, 1.54) is 0 Å². The van der Waals surface area contributed by atoms with Gasteiger partial charge in [0.25, 0.3) is 0 Å². The van der Waals surface area contributed by atoms with Crippen LogP contribution in [0.15, 0.2) is 0 Å². The molecular weight excluding hydrogens is 284 g/mol. The molecule has 0 saturated carbocycles. The molecule has 5 heteroatoms. The fourth-order valence-electron chi connectivity index (χ4n) is 0. The molecular formula is CH6AtNO3. The second-order valence-electron chi connectivity index (χ2n) is 0.440. The molecule has 4 nitrogen and oxygen atoms in total. The van der Waals surface area contributed by atoms with E-state index >= 15 is 0 Å². The van der Waals surface area contributed by atoms with Gasteiger partial charge < -0.3 is 5.48 Å². The second kappa shape index (κ2) is 8.97. The second-order valence-corrected chi connectivity index (χ2v) is 0.440. The fraction of sp³-hybridized carbons (Fsp3) is 1.00. The molecule has 0 atom stereocenters. The van der Waals surface area contributed by atoms with Crippen LogP contribution in [-0.2, 0) is 0 Å². The molecule has 0 aliphatic carbocycles. The first-order valence-corrected chi connectivity index (χ1v) is 0.812. The van der Waals surface area contributed by atoms with E-state index in [0.717, 1.165) is 7.05 Å². The van der Waals surface area contributed by atoms with E-state index in [1.54, 1.807) is 0 Å². The van der Waals surface area contributed by atoms with Gasteiger partial charge in [-0.05, 0) is 0 Å². The zero-order valence-corrected chi connectivity index (χ0v) is 6.35. The van der Waals surface area contributed by atoms with E-state index in [-0.39, 0.29) is 31.7 Å². The third kappa shape index (κ3) is 755. The van der Waals surface area contributed by atoms with Gasteiger partial charge in [-0.1, -0.05) is 0 Å². The maximum absolute atomic E-state index is 8.81. The Kier molecular flexibility index (Phi) is 24.4. The molecule has 0 aromatic rings. The third-order valence-corrected chi connectivity index (χ3v) is 0. The zero-order chi connectivity index (χ0) is 3.58. The van der Waals surface area contributed by atoms with E-state index < -0.39 is 4.92 Å². The van der Waals surface area contributed by atoms with Crippen LogP contribution in [-0.4, -0.2) is 17.4 Å². The number of rotatable bonds is 0. The summed E-state index contributed by atoms with van der Waals surface area (Å²) in [5, 5.41) is 8.81. The van der Waals surface area contributed by atoms with Gasteiger partial charge in [-0.2, -0.15) is 0 Å². The number of nitrogens with zero attached hydrogens (tertiary/aromatic N) is 1. The average Bonchev–Trinajstić information content (AvgIpc) is 0.811. The van der Waals surface area contributed by atoms with E-state index in [4.69, 9.17) is 10.1 Å². The molecule has 0 rings (SSSR count). The van der Waals surface area contributed by atoms with Gasteiger partial charge in [-0.15, -0.1) is 0 Å². The Labute approximate surface area is 54.1 Å². The molecule has 0 aromatic heterocycles. The van der Waals surface area contributed by atoms with Gasteiger partial charge in [-0.25, -0.2) is 0 Å².